The molecule has 2 aliphatic carbocycles. The molecule has 0 bridgehead atoms. The number of carbonyl (C=O) groups excluding carboxylic acids is 3. The SMILES string of the molecule is CN(C(=O)CSc1ccccc1C(=O)N1CCN(C(=O)CC2CCCC2)CC1)C1CCCCC1. The van der Waals surface area contributed by atoms with Gasteiger partial charge in [-0.1, -0.05) is 44.2 Å². The molecule has 34 heavy (non-hydrogen) atoms. The fraction of sp³-hybridized carbons (Fsp3) is 0.667. The second kappa shape index (κ2) is 12.1. The van der Waals surface area contributed by atoms with Crippen LogP contribution in [0.15, 0.2) is 29.2 Å². The molecule has 4 rings (SSSR count). The third-order valence-corrected chi connectivity index (χ3v) is 8.90. The van der Waals surface area contributed by atoms with Gasteiger partial charge in [0.15, 0.2) is 0 Å². The van der Waals surface area contributed by atoms with Gasteiger partial charge in [-0.2, -0.15) is 0 Å². The van der Waals surface area contributed by atoms with Gasteiger partial charge in [0, 0.05) is 50.6 Å². The van der Waals surface area contributed by atoms with Crippen LogP contribution in [-0.4, -0.2) is 77.4 Å². The van der Waals surface area contributed by atoms with Gasteiger partial charge in [0.2, 0.25) is 11.8 Å². The first-order valence-corrected chi connectivity index (χ1v) is 14.1. The molecule has 1 aliphatic heterocycles. The maximum Gasteiger partial charge on any atom is 0.255 e. The highest BCUT2D eigenvalue weighted by molar-refractivity contribution is 8.00. The zero-order chi connectivity index (χ0) is 23.9. The molecule has 0 atom stereocenters. The van der Waals surface area contributed by atoms with Crippen molar-refractivity contribution in [3.63, 3.8) is 0 Å². The molecule has 0 unspecified atom stereocenters. The summed E-state index contributed by atoms with van der Waals surface area (Å²) in [6.07, 6.45) is 11.4. The van der Waals surface area contributed by atoms with E-state index in [0.29, 0.717) is 55.9 Å². The van der Waals surface area contributed by atoms with Crippen LogP contribution >= 0.6 is 11.8 Å². The summed E-state index contributed by atoms with van der Waals surface area (Å²) in [4.78, 5) is 45.3. The summed E-state index contributed by atoms with van der Waals surface area (Å²) in [5, 5.41) is 0. The second-order valence-corrected chi connectivity index (χ2v) is 11.1. The molecule has 2 saturated carbocycles. The van der Waals surface area contributed by atoms with E-state index in [1.165, 1.54) is 56.7 Å². The molecule has 3 fully saturated rings. The lowest BCUT2D eigenvalue weighted by Gasteiger charge is -2.35. The summed E-state index contributed by atoms with van der Waals surface area (Å²) in [7, 11) is 1.92. The summed E-state index contributed by atoms with van der Waals surface area (Å²) < 4.78 is 0. The van der Waals surface area contributed by atoms with Gasteiger partial charge in [-0.15, -0.1) is 11.8 Å². The average Bonchev–Trinajstić information content (AvgIpc) is 3.40. The Morgan fingerprint density at radius 1 is 0.882 bits per heavy atom. The molecule has 3 aliphatic rings. The summed E-state index contributed by atoms with van der Waals surface area (Å²) in [6, 6.07) is 7.96. The molecule has 3 amide bonds. The summed E-state index contributed by atoms with van der Waals surface area (Å²) >= 11 is 1.46. The number of hydrogen-bond donors (Lipinski definition) is 0. The van der Waals surface area contributed by atoms with Gasteiger partial charge in [0.25, 0.3) is 5.91 Å². The summed E-state index contributed by atoms with van der Waals surface area (Å²) in [5.41, 5.74) is 0.659. The maximum atomic E-state index is 13.3. The number of piperazine rings is 1. The minimum Gasteiger partial charge on any atom is -0.342 e. The van der Waals surface area contributed by atoms with Crippen molar-refractivity contribution in [1.29, 1.82) is 0 Å². The lowest BCUT2D eigenvalue weighted by Crippen LogP contribution is -2.50. The highest BCUT2D eigenvalue weighted by atomic mass is 32.2. The first-order chi connectivity index (χ1) is 16.5. The smallest absolute Gasteiger partial charge is 0.255 e. The van der Waals surface area contributed by atoms with E-state index in [0.717, 1.165) is 17.7 Å². The summed E-state index contributed by atoms with van der Waals surface area (Å²) in [6.45, 7) is 2.35. The third-order valence-electron chi connectivity index (χ3n) is 7.84. The van der Waals surface area contributed by atoms with E-state index < -0.39 is 0 Å². The predicted molar refractivity (Wildman–Crippen MR) is 136 cm³/mol. The highest BCUT2D eigenvalue weighted by Crippen LogP contribution is 2.29. The van der Waals surface area contributed by atoms with Crippen LogP contribution in [0, 0.1) is 5.92 Å². The molecule has 1 saturated heterocycles. The summed E-state index contributed by atoms with van der Waals surface area (Å²) in [5.74, 6) is 1.28. The van der Waals surface area contributed by atoms with E-state index in [-0.39, 0.29) is 17.7 Å². The van der Waals surface area contributed by atoms with Gasteiger partial charge in [0.1, 0.15) is 0 Å². The Labute approximate surface area is 208 Å². The van der Waals surface area contributed by atoms with Crippen molar-refractivity contribution in [2.24, 2.45) is 5.92 Å². The van der Waals surface area contributed by atoms with Gasteiger partial charge in [-0.25, -0.2) is 0 Å². The Morgan fingerprint density at radius 3 is 2.21 bits per heavy atom. The first kappa shape index (κ1) is 25.1. The fourth-order valence-corrected chi connectivity index (χ4v) is 6.57. The number of rotatable bonds is 7. The number of thioether (sulfide) groups is 1. The molecule has 0 spiro atoms. The van der Waals surface area contributed by atoms with E-state index in [2.05, 4.69) is 0 Å². The third kappa shape index (κ3) is 6.35. The van der Waals surface area contributed by atoms with E-state index in [4.69, 9.17) is 0 Å². The van der Waals surface area contributed by atoms with Crippen molar-refractivity contribution in [2.75, 3.05) is 39.0 Å². The van der Waals surface area contributed by atoms with Crippen LogP contribution in [0.5, 0.6) is 0 Å². The van der Waals surface area contributed by atoms with Crippen molar-refractivity contribution in [2.45, 2.75) is 75.1 Å². The molecule has 1 aromatic carbocycles. The number of nitrogens with zero attached hydrogens (tertiary/aromatic N) is 3. The molecule has 7 heteroatoms. The van der Waals surface area contributed by atoms with Crippen LogP contribution < -0.4 is 0 Å². The molecule has 1 aromatic rings. The van der Waals surface area contributed by atoms with Crippen LogP contribution in [0.4, 0.5) is 0 Å². The van der Waals surface area contributed by atoms with E-state index in [9.17, 15) is 14.4 Å². The molecule has 0 N–H and O–H groups in total. The van der Waals surface area contributed by atoms with Crippen LogP contribution in [0.3, 0.4) is 0 Å². The lowest BCUT2D eigenvalue weighted by molar-refractivity contribution is -0.133. The Kier molecular flexibility index (Phi) is 8.92. The molecule has 6 nitrogen and oxygen atoms in total. The largest absolute Gasteiger partial charge is 0.342 e. The molecule has 0 radical (unpaired) electrons. The predicted octanol–water partition coefficient (Wildman–Crippen LogP) is 4.43. The van der Waals surface area contributed by atoms with Crippen molar-refractivity contribution in [3.8, 4) is 0 Å². The Hall–Kier alpha value is -2.02. The maximum absolute atomic E-state index is 13.3. The van der Waals surface area contributed by atoms with Crippen molar-refractivity contribution in [3.05, 3.63) is 29.8 Å². The standard InChI is InChI=1S/C27H39N3O3S/c1-28(22-11-3-2-4-12-22)26(32)20-34-24-14-8-7-13-23(24)27(33)30-17-15-29(16-18-30)25(31)19-21-9-5-6-10-21/h7-8,13-14,21-22H,2-6,9-12,15-20H2,1H3. The molecular formula is C27H39N3O3S. The van der Waals surface area contributed by atoms with E-state index in [1.54, 1.807) is 0 Å². The zero-order valence-corrected chi connectivity index (χ0v) is 21.4. The van der Waals surface area contributed by atoms with Gasteiger partial charge in [-0.3, -0.25) is 14.4 Å². The molecular weight excluding hydrogens is 446 g/mol. The number of benzene rings is 1. The second-order valence-electron chi connectivity index (χ2n) is 10.1. The van der Waals surface area contributed by atoms with Crippen molar-refractivity contribution < 1.29 is 14.4 Å². The molecule has 0 aromatic heterocycles. The minimum atomic E-state index is -0.000856. The van der Waals surface area contributed by atoms with E-state index >= 15 is 0 Å². The fourth-order valence-electron chi connectivity index (χ4n) is 5.60. The first-order valence-electron chi connectivity index (χ1n) is 13.1. The van der Waals surface area contributed by atoms with Gasteiger partial charge >= 0.3 is 0 Å². The Balaban J connectivity index is 1.29. The van der Waals surface area contributed by atoms with Crippen molar-refractivity contribution >= 4 is 29.5 Å². The highest BCUT2D eigenvalue weighted by Gasteiger charge is 2.28. The van der Waals surface area contributed by atoms with Crippen LogP contribution in [0.2, 0.25) is 0 Å². The van der Waals surface area contributed by atoms with Gasteiger partial charge in [-0.05, 0) is 43.7 Å². The Morgan fingerprint density at radius 2 is 1.50 bits per heavy atom. The topological polar surface area (TPSA) is 60.9 Å². The molecule has 1 heterocycles. The zero-order valence-electron chi connectivity index (χ0n) is 20.5. The normalized spacial score (nSPS) is 19.9. The van der Waals surface area contributed by atoms with Gasteiger partial charge in [0.05, 0.1) is 11.3 Å². The molecule has 186 valence electrons. The minimum absolute atomic E-state index is 0.000856. The number of carbonyl (C=O) groups is 3. The average molecular weight is 486 g/mol. The van der Waals surface area contributed by atoms with Crippen molar-refractivity contribution in [1.82, 2.24) is 14.7 Å². The Bertz CT molecular complexity index is 856. The number of hydrogen-bond acceptors (Lipinski definition) is 4. The number of amides is 3. The lowest BCUT2D eigenvalue weighted by atomic mass is 9.94. The van der Waals surface area contributed by atoms with Crippen LogP contribution in [-0.2, 0) is 9.59 Å². The van der Waals surface area contributed by atoms with Crippen LogP contribution in [0.1, 0.15) is 74.6 Å². The van der Waals surface area contributed by atoms with E-state index in [1.807, 2.05) is 46.0 Å². The monoisotopic (exact) mass is 485 g/mol. The van der Waals surface area contributed by atoms with Gasteiger partial charge < -0.3 is 14.7 Å². The quantitative estimate of drug-likeness (QED) is 0.536. The van der Waals surface area contributed by atoms with Crippen LogP contribution in [0.25, 0.3) is 0 Å².